The zero-order valence-electron chi connectivity index (χ0n) is 10.7. The summed E-state index contributed by atoms with van der Waals surface area (Å²) in [6.45, 7) is 0. The van der Waals surface area contributed by atoms with Crippen molar-refractivity contribution in [2.45, 2.75) is 12.6 Å². The van der Waals surface area contributed by atoms with E-state index in [9.17, 15) is 22.4 Å². The number of rotatable bonds is 3. The van der Waals surface area contributed by atoms with Crippen molar-refractivity contribution in [2.75, 3.05) is 5.32 Å². The van der Waals surface area contributed by atoms with E-state index in [1.807, 2.05) is 0 Å². The van der Waals surface area contributed by atoms with Gasteiger partial charge in [0.05, 0.1) is 12.0 Å². The smallest absolute Gasteiger partial charge is 0.326 e. The third-order valence-electron chi connectivity index (χ3n) is 2.75. The third kappa shape index (κ3) is 4.30. The number of carbonyl (C=O) groups is 1. The fourth-order valence-electron chi connectivity index (χ4n) is 1.78. The van der Waals surface area contributed by atoms with Crippen LogP contribution in [-0.2, 0) is 17.4 Å². The largest absolute Gasteiger partial charge is 0.416 e. The number of amides is 1. The number of halogens is 4. The molecule has 0 aromatic heterocycles. The van der Waals surface area contributed by atoms with Crippen molar-refractivity contribution in [1.82, 2.24) is 0 Å². The first-order valence-corrected chi connectivity index (χ1v) is 6.06. The molecule has 2 aromatic rings. The van der Waals surface area contributed by atoms with E-state index < -0.39 is 23.5 Å². The Kier molecular flexibility index (Phi) is 4.26. The Morgan fingerprint density at radius 2 is 1.71 bits per heavy atom. The van der Waals surface area contributed by atoms with Gasteiger partial charge in [0.1, 0.15) is 5.82 Å². The average Bonchev–Trinajstić information content (AvgIpc) is 2.38. The van der Waals surface area contributed by atoms with E-state index in [1.165, 1.54) is 30.3 Å². The van der Waals surface area contributed by atoms with Crippen LogP contribution in [0.4, 0.5) is 23.2 Å². The molecule has 110 valence electrons. The maximum atomic E-state index is 13.0. The molecule has 0 fully saturated rings. The lowest BCUT2D eigenvalue weighted by Crippen LogP contribution is -2.14. The van der Waals surface area contributed by atoms with E-state index in [2.05, 4.69) is 5.32 Å². The lowest BCUT2D eigenvalue weighted by atomic mass is 10.1. The summed E-state index contributed by atoms with van der Waals surface area (Å²) in [5, 5.41) is 2.46. The number of hydrogen-bond donors (Lipinski definition) is 1. The normalized spacial score (nSPS) is 11.2. The van der Waals surface area contributed by atoms with Crippen LogP contribution < -0.4 is 5.32 Å². The highest BCUT2D eigenvalue weighted by atomic mass is 19.4. The third-order valence-corrected chi connectivity index (χ3v) is 2.75. The predicted molar refractivity (Wildman–Crippen MR) is 70.2 cm³/mol. The number of alkyl halides is 3. The summed E-state index contributed by atoms with van der Waals surface area (Å²) in [5.41, 5.74) is -0.0468. The summed E-state index contributed by atoms with van der Waals surface area (Å²) in [5.74, 6) is -0.879. The first-order valence-electron chi connectivity index (χ1n) is 6.06. The van der Waals surface area contributed by atoms with Gasteiger partial charge in [0.25, 0.3) is 0 Å². The van der Waals surface area contributed by atoms with E-state index in [0.29, 0.717) is 5.56 Å². The second-order valence-electron chi connectivity index (χ2n) is 4.43. The van der Waals surface area contributed by atoms with Gasteiger partial charge < -0.3 is 5.32 Å². The Hall–Kier alpha value is -2.37. The molecule has 0 heterocycles. The fraction of sp³-hybridized carbons (Fsp3) is 0.133. The predicted octanol–water partition coefficient (Wildman–Crippen LogP) is 4.03. The molecule has 2 aromatic carbocycles. The highest BCUT2D eigenvalue weighted by molar-refractivity contribution is 5.92. The van der Waals surface area contributed by atoms with Crippen molar-refractivity contribution < 1.29 is 22.4 Å². The van der Waals surface area contributed by atoms with Gasteiger partial charge in [-0.15, -0.1) is 0 Å². The minimum atomic E-state index is -4.41. The SMILES string of the molecule is O=C(Cc1cccc(F)c1)Nc1ccc(C(F)(F)F)cc1. The lowest BCUT2D eigenvalue weighted by molar-refractivity contribution is -0.137. The van der Waals surface area contributed by atoms with Crippen molar-refractivity contribution in [1.29, 1.82) is 0 Å². The minimum absolute atomic E-state index is 0.0568. The minimum Gasteiger partial charge on any atom is -0.326 e. The Balaban J connectivity index is 2.00. The van der Waals surface area contributed by atoms with E-state index in [-0.39, 0.29) is 12.1 Å². The number of nitrogens with one attached hydrogen (secondary N) is 1. The van der Waals surface area contributed by atoms with E-state index in [1.54, 1.807) is 6.07 Å². The van der Waals surface area contributed by atoms with Crippen LogP contribution in [0.3, 0.4) is 0 Å². The number of carbonyl (C=O) groups excluding carboxylic acids is 1. The second-order valence-corrected chi connectivity index (χ2v) is 4.43. The van der Waals surface area contributed by atoms with Crippen molar-refractivity contribution in [2.24, 2.45) is 0 Å². The Morgan fingerprint density at radius 1 is 1.05 bits per heavy atom. The molecule has 0 saturated carbocycles. The quantitative estimate of drug-likeness (QED) is 0.852. The first kappa shape index (κ1) is 15.0. The molecule has 0 bridgehead atoms. The number of benzene rings is 2. The van der Waals surface area contributed by atoms with Gasteiger partial charge in [-0.1, -0.05) is 12.1 Å². The van der Waals surface area contributed by atoms with Gasteiger partial charge in [-0.3, -0.25) is 4.79 Å². The first-order chi connectivity index (χ1) is 9.84. The van der Waals surface area contributed by atoms with Crippen LogP contribution >= 0.6 is 0 Å². The molecule has 0 aliphatic rings. The topological polar surface area (TPSA) is 29.1 Å². The highest BCUT2D eigenvalue weighted by Crippen LogP contribution is 2.29. The van der Waals surface area contributed by atoms with Gasteiger partial charge >= 0.3 is 6.18 Å². The van der Waals surface area contributed by atoms with Crippen LogP contribution in [0.1, 0.15) is 11.1 Å². The van der Waals surface area contributed by atoms with Crippen molar-refractivity contribution in [3.8, 4) is 0 Å². The van der Waals surface area contributed by atoms with Gasteiger partial charge in [0.15, 0.2) is 0 Å². The van der Waals surface area contributed by atoms with E-state index in [0.717, 1.165) is 12.1 Å². The molecule has 0 unspecified atom stereocenters. The summed E-state index contributed by atoms with van der Waals surface area (Å²) >= 11 is 0. The zero-order chi connectivity index (χ0) is 15.5. The molecule has 0 spiro atoms. The van der Waals surface area contributed by atoms with Crippen LogP contribution in [0.5, 0.6) is 0 Å². The van der Waals surface area contributed by atoms with Crippen LogP contribution in [0.15, 0.2) is 48.5 Å². The van der Waals surface area contributed by atoms with E-state index >= 15 is 0 Å². The molecule has 1 N–H and O–H groups in total. The van der Waals surface area contributed by atoms with Gasteiger partial charge in [0.2, 0.25) is 5.91 Å². The summed E-state index contributed by atoms with van der Waals surface area (Å²) in [7, 11) is 0. The van der Waals surface area contributed by atoms with Crippen LogP contribution in [0.25, 0.3) is 0 Å². The second kappa shape index (κ2) is 5.95. The maximum absolute atomic E-state index is 13.0. The summed E-state index contributed by atoms with van der Waals surface area (Å²) < 4.78 is 50.1. The van der Waals surface area contributed by atoms with Crippen molar-refractivity contribution >= 4 is 11.6 Å². The molecular formula is C15H11F4NO. The summed E-state index contributed by atoms with van der Waals surface area (Å²) in [6.07, 6.45) is -4.47. The van der Waals surface area contributed by atoms with Gasteiger partial charge in [0, 0.05) is 5.69 Å². The molecular weight excluding hydrogens is 286 g/mol. The highest BCUT2D eigenvalue weighted by Gasteiger charge is 2.29. The molecule has 2 nitrogen and oxygen atoms in total. The Bertz CT molecular complexity index is 635. The van der Waals surface area contributed by atoms with Crippen molar-refractivity contribution in [3.05, 3.63) is 65.5 Å². The Morgan fingerprint density at radius 3 is 2.29 bits per heavy atom. The molecule has 0 saturated heterocycles. The molecule has 2 rings (SSSR count). The molecule has 0 radical (unpaired) electrons. The molecule has 1 amide bonds. The molecule has 0 aliphatic carbocycles. The monoisotopic (exact) mass is 297 g/mol. The molecule has 0 aliphatic heterocycles. The molecule has 0 atom stereocenters. The van der Waals surface area contributed by atoms with Crippen LogP contribution in [-0.4, -0.2) is 5.91 Å². The number of anilines is 1. The standard InChI is InChI=1S/C15H11F4NO/c16-12-3-1-2-10(8-12)9-14(21)20-13-6-4-11(5-7-13)15(17,18)19/h1-8H,9H2,(H,20,21). The Labute approximate surface area is 118 Å². The average molecular weight is 297 g/mol. The zero-order valence-corrected chi connectivity index (χ0v) is 10.7. The van der Waals surface area contributed by atoms with Crippen molar-refractivity contribution in [3.63, 3.8) is 0 Å². The van der Waals surface area contributed by atoms with Crippen LogP contribution in [0, 0.1) is 5.82 Å². The van der Waals surface area contributed by atoms with Gasteiger partial charge in [-0.2, -0.15) is 13.2 Å². The number of hydrogen-bond acceptors (Lipinski definition) is 1. The van der Waals surface area contributed by atoms with Gasteiger partial charge in [-0.05, 0) is 42.0 Å². The summed E-state index contributed by atoms with van der Waals surface area (Å²) in [4.78, 5) is 11.7. The molecule has 6 heteroatoms. The van der Waals surface area contributed by atoms with Crippen LogP contribution in [0.2, 0.25) is 0 Å². The maximum Gasteiger partial charge on any atom is 0.416 e. The fourth-order valence-corrected chi connectivity index (χ4v) is 1.78. The lowest BCUT2D eigenvalue weighted by Gasteiger charge is -2.09. The molecule has 21 heavy (non-hydrogen) atoms. The van der Waals surface area contributed by atoms with E-state index in [4.69, 9.17) is 0 Å². The van der Waals surface area contributed by atoms with Gasteiger partial charge in [-0.25, -0.2) is 4.39 Å². The summed E-state index contributed by atoms with van der Waals surface area (Å²) in [6, 6.07) is 9.68.